The van der Waals surface area contributed by atoms with Crippen LogP contribution in [0, 0.1) is 0 Å². The van der Waals surface area contributed by atoms with Gasteiger partial charge >= 0.3 is 0 Å². The van der Waals surface area contributed by atoms with Crippen LogP contribution in [0.2, 0.25) is 10.6 Å². The fourth-order valence-corrected chi connectivity index (χ4v) is 6.79. The van der Waals surface area contributed by atoms with Crippen LogP contribution in [0.15, 0.2) is 12.4 Å². The molecule has 0 saturated heterocycles. The second kappa shape index (κ2) is 11.8. The van der Waals surface area contributed by atoms with Crippen molar-refractivity contribution >= 4 is 52.1 Å². The number of halogens is 2. The Morgan fingerprint density at radius 2 is 1.45 bits per heavy atom. The van der Waals surface area contributed by atoms with Crippen molar-refractivity contribution in [2.24, 2.45) is 0 Å². The number of aromatic nitrogens is 4. The van der Waals surface area contributed by atoms with Crippen molar-refractivity contribution in [1.29, 1.82) is 0 Å². The molecule has 0 bridgehead atoms. The zero-order valence-corrected chi connectivity index (χ0v) is 24.0. The summed E-state index contributed by atoms with van der Waals surface area (Å²) in [6, 6.07) is 1.40. The Morgan fingerprint density at radius 1 is 0.868 bits per heavy atom. The smallest absolute Gasteiger partial charge is 0.249 e. The molecule has 0 spiro atoms. The van der Waals surface area contributed by atoms with Crippen molar-refractivity contribution in [3.05, 3.63) is 23.0 Å². The number of hydrogen-bond donors (Lipinski definition) is 1. The van der Waals surface area contributed by atoms with Crippen molar-refractivity contribution in [3.63, 3.8) is 0 Å². The first-order valence-corrected chi connectivity index (χ1v) is 14.8. The second-order valence-electron chi connectivity index (χ2n) is 10.7. The zero-order valence-electron chi connectivity index (χ0n) is 22.5. The highest BCUT2D eigenvalue weighted by molar-refractivity contribution is 6.28. The molecule has 4 heterocycles. The molecule has 0 unspecified atom stereocenters. The lowest BCUT2D eigenvalue weighted by atomic mass is 10.0. The SMILES string of the molecule is CC[C@@H]1C(=O)N(C)c2cnc(Cl)nc2N1C1CCCC1.CC[C@@H]1CNc2cnc(Cl)nc2N1C1CCCC1. The van der Waals surface area contributed by atoms with Crippen LogP contribution in [0.1, 0.15) is 78.1 Å². The third kappa shape index (κ3) is 5.24. The van der Waals surface area contributed by atoms with Crippen molar-refractivity contribution < 1.29 is 4.79 Å². The largest absolute Gasteiger partial charge is 0.379 e. The van der Waals surface area contributed by atoms with Gasteiger partial charge in [0.1, 0.15) is 11.7 Å². The summed E-state index contributed by atoms with van der Waals surface area (Å²) >= 11 is 11.9. The number of nitrogens with one attached hydrogen (secondary N) is 1. The lowest BCUT2D eigenvalue weighted by molar-refractivity contribution is -0.120. The molecule has 206 valence electrons. The standard InChI is InChI=1S/C14H19ClN4O.C13H19ClN4/c1-3-10-13(20)18(2)11-8-16-14(15)17-12(11)19(10)9-6-4-5-7-9;1-2-9-7-15-11-8-16-13(14)17-12(11)18(9)10-5-3-4-6-10/h8-10H,3-7H2,1-2H3;8-10,15H,2-7H2,1H3/t10-;9-/m11/s1. The van der Waals surface area contributed by atoms with E-state index in [0.717, 1.165) is 55.2 Å². The first-order valence-electron chi connectivity index (χ1n) is 14.1. The van der Waals surface area contributed by atoms with Gasteiger partial charge < -0.3 is 20.0 Å². The highest BCUT2D eigenvalue weighted by Crippen LogP contribution is 2.40. The van der Waals surface area contributed by atoms with Crippen molar-refractivity contribution in [1.82, 2.24) is 19.9 Å². The van der Waals surface area contributed by atoms with Crippen molar-refractivity contribution in [2.45, 2.75) is 102 Å². The minimum absolute atomic E-state index is 0.123. The Morgan fingerprint density at radius 3 is 2.05 bits per heavy atom. The first kappa shape index (κ1) is 27.2. The number of hydrogen-bond acceptors (Lipinski definition) is 8. The van der Waals surface area contributed by atoms with Gasteiger partial charge in [-0.25, -0.2) is 9.97 Å². The predicted octanol–water partition coefficient (Wildman–Crippen LogP) is 5.72. The van der Waals surface area contributed by atoms with Gasteiger partial charge in [0.15, 0.2) is 11.6 Å². The van der Waals surface area contributed by atoms with E-state index in [-0.39, 0.29) is 17.2 Å². The molecule has 2 aliphatic heterocycles. The molecule has 2 fully saturated rings. The molecule has 1 amide bonds. The average Bonchev–Trinajstić information content (AvgIpc) is 3.65. The van der Waals surface area contributed by atoms with E-state index >= 15 is 0 Å². The molecule has 0 radical (unpaired) electrons. The minimum Gasteiger partial charge on any atom is -0.379 e. The molecule has 2 atom stereocenters. The van der Waals surface area contributed by atoms with Crippen LogP contribution in [0.25, 0.3) is 0 Å². The van der Waals surface area contributed by atoms with Gasteiger partial charge in [-0.2, -0.15) is 9.97 Å². The van der Waals surface area contributed by atoms with Crippen LogP contribution in [0.5, 0.6) is 0 Å². The Bertz CT molecular complexity index is 1140. The summed E-state index contributed by atoms with van der Waals surface area (Å²) in [6.45, 7) is 5.26. The van der Waals surface area contributed by atoms with Crippen LogP contribution in [0.3, 0.4) is 0 Å². The quantitative estimate of drug-likeness (QED) is 0.475. The number of carbonyl (C=O) groups is 1. The number of rotatable bonds is 4. The highest BCUT2D eigenvalue weighted by Gasteiger charge is 2.41. The van der Waals surface area contributed by atoms with Crippen LogP contribution < -0.4 is 20.0 Å². The molecule has 2 aromatic heterocycles. The van der Waals surface area contributed by atoms with E-state index in [2.05, 4.69) is 42.0 Å². The molecule has 38 heavy (non-hydrogen) atoms. The molecule has 2 aromatic rings. The first-order chi connectivity index (χ1) is 18.4. The third-order valence-corrected chi connectivity index (χ3v) is 8.84. The van der Waals surface area contributed by atoms with Crippen LogP contribution in [-0.4, -0.2) is 63.6 Å². The van der Waals surface area contributed by atoms with Crippen LogP contribution in [0.4, 0.5) is 23.0 Å². The van der Waals surface area contributed by atoms with Gasteiger partial charge in [0.2, 0.25) is 16.5 Å². The van der Waals surface area contributed by atoms with E-state index in [1.165, 1.54) is 38.5 Å². The summed E-state index contributed by atoms with van der Waals surface area (Å²) in [5, 5.41) is 4.00. The topological polar surface area (TPSA) is 90.4 Å². The van der Waals surface area contributed by atoms with Gasteiger partial charge in [-0.1, -0.05) is 39.5 Å². The fraction of sp³-hybridized carbons (Fsp3) is 0.667. The van der Waals surface area contributed by atoms with Gasteiger partial charge in [0.25, 0.3) is 0 Å². The van der Waals surface area contributed by atoms with E-state index < -0.39 is 0 Å². The van der Waals surface area contributed by atoms with E-state index in [0.29, 0.717) is 23.4 Å². The molecule has 1 N–H and O–H groups in total. The Labute approximate surface area is 235 Å². The lowest BCUT2D eigenvalue weighted by Crippen LogP contribution is -2.55. The second-order valence-corrected chi connectivity index (χ2v) is 11.4. The van der Waals surface area contributed by atoms with Crippen molar-refractivity contribution in [3.8, 4) is 0 Å². The normalized spacial score (nSPS) is 23.6. The monoisotopic (exact) mass is 560 g/mol. The maximum atomic E-state index is 12.6. The van der Waals surface area contributed by atoms with E-state index in [9.17, 15) is 4.79 Å². The van der Waals surface area contributed by atoms with Crippen LogP contribution in [-0.2, 0) is 4.79 Å². The molecule has 9 nitrogen and oxygen atoms in total. The molecular weight excluding hydrogens is 523 g/mol. The van der Waals surface area contributed by atoms with Crippen molar-refractivity contribution in [2.75, 3.05) is 33.6 Å². The third-order valence-electron chi connectivity index (χ3n) is 8.48. The molecule has 2 saturated carbocycles. The fourth-order valence-electron chi connectivity index (χ4n) is 6.53. The molecule has 2 aliphatic carbocycles. The number of nitrogens with zero attached hydrogens (tertiary/aromatic N) is 7. The van der Waals surface area contributed by atoms with Gasteiger partial charge in [-0.3, -0.25) is 4.79 Å². The predicted molar refractivity (Wildman–Crippen MR) is 154 cm³/mol. The number of carbonyl (C=O) groups excluding carboxylic acids is 1. The van der Waals surface area contributed by atoms with E-state index in [4.69, 9.17) is 23.2 Å². The van der Waals surface area contributed by atoms with Crippen LogP contribution >= 0.6 is 23.2 Å². The summed E-state index contributed by atoms with van der Waals surface area (Å²) in [5.74, 6) is 1.93. The molecule has 11 heteroatoms. The average molecular weight is 562 g/mol. The lowest BCUT2D eigenvalue weighted by Gasteiger charge is -2.43. The van der Waals surface area contributed by atoms with Gasteiger partial charge in [0.05, 0.1) is 18.1 Å². The molecule has 6 rings (SSSR count). The summed E-state index contributed by atoms with van der Waals surface area (Å²) in [7, 11) is 1.78. The van der Waals surface area contributed by atoms with Gasteiger partial charge in [-0.15, -0.1) is 0 Å². The van der Waals surface area contributed by atoms with Gasteiger partial charge in [-0.05, 0) is 61.7 Å². The maximum Gasteiger partial charge on any atom is 0.249 e. The molecule has 4 aliphatic rings. The number of likely N-dealkylation sites (N-methyl/N-ethyl adjacent to an activating group) is 1. The Hall–Kier alpha value is -2.39. The van der Waals surface area contributed by atoms with Gasteiger partial charge in [0, 0.05) is 31.7 Å². The number of fused-ring (bicyclic) bond motifs is 2. The molecule has 0 aromatic carbocycles. The number of amides is 1. The minimum atomic E-state index is -0.137. The summed E-state index contributed by atoms with van der Waals surface area (Å²) in [6.07, 6.45) is 15.3. The van der Waals surface area contributed by atoms with E-state index in [1.807, 2.05) is 6.92 Å². The summed E-state index contributed by atoms with van der Waals surface area (Å²) in [4.78, 5) is 35.9. The maximum absolute atomic E-state index is 12.6. The summed E-state index contributed by atoms with van der Waals surface area (Å²) in [5.41, 5.74) is 1.78. The Balaban J connectivity index is 0.000000156. The van der Waals surface area contributed by atoms with E-state index in [1.54, 1.807) is 24.3 Å². The highest BCUT2D eigenvalue weighted by atomic mass is 35.5. The number of anilines is 4. The molecular formula is C27H38Cl2N8O. The summed E-state index contributed by atoms with van der Waals surface area (Å²) < 4.78 is 0. The zero-order chi connectivity index (χ0) is 26.8. The Kier molecular flexibility index (Phi) is 8.43.